The van der Waals surface area contributed by atoms with Gasteiger partial charge in [0.25, 0.3) is 11.5 Å². The molecular formula is C27H24Cl2F2N4O2. The van der Waals surface area contributed by atoms with Crippen molar-refractivity contribution >= 4 is 41.0 Å². The number of rotatable bonds is 8. The minimum Gasteiger partial charge on any atom is -0.355 e. The summed E-state index contributed by atoms with van der Waals surface area (Å²) in [5, 5.41) is 2.40. The highest BCUT2D eigenvalue weighted by Crippen LogP contribution is 2.26. The molecule has 37 heavy (non-hydrogen) atoms. The molecule has 1 unspecified atom stereocenters. The SMILES string of the molecule is CNC(=O)c1cccc(C(/C=C/n2c(C)cc(C(C)Cc3cncc(F)c3)c(Cl)c2=O)=N\C=C\Cl)c1F. The first kappa shape index (κ1) is 28.0. The Kier molecular flexibility index (Phi) is 9.49. The van der Waals surface area contributed by atoms with Crippen LogP contribution in [0.5, 0.6) is 0 Å². The van der Waals surface area contributed by atoms with Crippen molar-refractivity contribution in [3.05, 3.63) is 115 Å². The number of aromatic nitrogens is 2. The Morgan fingerprint density at radius 2 is 1.97 bits per heavy atom. The summed E-state index contributed by atoms with van der Waals surface area (Å²) in [5.41, 5.74) is 2.53. The van der Waals surface area contributed by atoms with Crippen molar-refractivity contribution in [3.63, 3.8) is 0 Å². The molecular weight excluding hydrogens is 521 g/mol. The molecule has 0 fully saturated rings. The molecule has 6 nitrogen and oxygen atoms in total. The second-order valence-electron chi connectivity index (χ2n) is 8.20. The summed E-state index contributed by atoms with van der Waals surface area (Å²) in [4.78, 5) is 33.2. The zero-order chi connectivity index (χ0) is 27.1. The maximum atomic E-state index is 15.1. The highest BCUT2D eigenvalue weighted by molar-refractivity contribution is 6.31. The number of hydrogen-bond acceptors (Lipinski definition) is 4. The summed E-state index contributed by atoms with van der Waals surface area (Å²) >= 11 is 12.1. The van der Waals surface area contributed by atoms with E-state index in [0.29, 0.717) is 23.2 Å². The van der Waals surface area contributed by atoms with Gasteiger partial charge in [-0.1, -0.05) is 36.2 Å². The molecule has 3 aromatic rings. The smallest absolute Gasteiger partial charge is 0.273 e. The number of allylic oxidation sites excluding steroid dienone is 1. The molecule has 0 bridgehead atoms. The van der Waals surface area contributed by atoms with Crippen LogP contribution < -0.4 is 10.9 Å². The largest absolute Gasteiger partial charge is 0.355 e. The topological polar surface area (TPSA) is 76.3 Å². The second kappa shape index (κ2) is 12.6. The molecule has 0 aliphatic rings. The molecule has 1 N–H and O–H groups in total. The number of hydrogen-bond donors (Lipinski definition) is 1. The van der Waals surface area contributed by atoms with Crippen molar-refractivity contribution in [2.75, 3.05) is 7.05 Å². The lowest BCUT2D eigenvalue weighted by Crippen LogP contribution is -2.22. The summed E-state index contributed by atoms with van der Waals surface area (Å²) in [5.74, 6) is -1.99. The number of aliphatic imine (C=N–C) groups is 1. The van der Waals surface area contributed by atoms with Gasteiger partial charge in [0, 0.05) is 42.4 Å². The van der Waals surface area contributed by atoms with E-state index in [2.05, 4.69) is 15.3 Å². The molecule has 1 aromatic carbocycles. The Balaban J connectivity index is 2.00. The maximum absolute atomic E-state index is 15.1. The van der Waals surface area contributed by atoms with E-state index < -0.39 is 23.1 Å². The minimum absolute atomic E-state index is 0.0130. The van der Waals surface area contributed by atoms with E-state index in [1.807, 2.05) is 6.92 Å². The zero-order valence-corrected chi connectivity index (χ0v) is 21.8. The van der Waals surface area contributed by atoms with Gasteiger partial charge in [-0.3, -0.25) is 24.1 Å². The Bertz CT molecular complexity index is 1470. The van der Waals surface area contributed by atoms with Gasteiger partial charge in [0.05, 0.1) is 17.5 Å². The number of pyridine rings is 2. The van der Waals surface area contributed by atoms with Crippen LogP contribution in [0.25, 0.3) is 6.20 Å². The van der Waals surface area contributed by atoms with Gasteiger partial charge in [-0.15, -0.1) is 0 Å². The van der Waals surface area contributed by atoms with Crippen LogP contribution >= 0.6 is 23.2 Å². The lowest BCUT2D eigenvalue weighted by atomic mass is 9.94. The maximum Gasteiger partial charge on any atom is 0.273 e. The van der Waals surface area contributed by atoms with Gasteiger partial charge in [0.2, 0.25) is 0 Å². The van der Waals surface area contributed by atoms with Crippen LogP contribution in [0.3, 0.4) is 0 Å². The van der Waals surface area contributed by atoms with Crippen molar-refractivity contribution in [2.45, 2.75) is 26.2 Å². The molecule has 0 spiro atoms. The minimum atomic E-state index is -0.772. The third kappa shape index (κ3) is 6.58. The number of benzene rings is 1. The van der Waals surface area contributed by atoms with E-state index >= 15 is 4.39 Å². The van der Waals surface area contributed by atoms with Crippen LogP contribution in [0.1, 0.15) is 45.6 Å². The molecule has 2 heterocycles. The second-order valence-corrected chi connectivity index (χ2v) is 8.83. The molecule has 192 valence electrons. The molecule has 1 atom stereocenters. The summed E-state index contributed by atoms with van der Waals surface area (Å²) in [6.07, 6.45) is 7.23. The van der Waals surface area contributed by atoms with E-state index in [1.165, 1.54) is 54.4 Å². The average Bonchev–Trinajstić information content (AvgIpc) is 2.87. The van der Waals surface area contributed by atoms with Gasteiger partial charge < -0.3 is 5.32 Å². The number of halogens is 4. The number of nitrogens with one attached hydrogen (secondary N) is 1. The summed E-state index contributed by atoms with van der Waals surface area (Å²) in [7, 11) is 1.40. The monoisotopic (exact) mass is 544 g/mol. The van der Waals surface area contributed by atoms with Crippen LogP contribution in [0, 0.1) is 18.6 Å². The number of nitrogens with zero attached hydrogens (tertiary/aromatic N) is 3. The third-order valence-corrected chi connectivity index (χ3v) is 6.13. The molecule has 0 saturated carbocycles. The Morgan fingerprint density at radius 1 is 1.24 bits per heavy atom. The quantitative estimate of drug-likeness (QED) is 0.361. The van der Waals surface area contributed by atoms with E-state index in [0.717, 1.165) is 11.7 Å². The normalized spacial score (nSPS) is 12.9. The summed E-state index contributed by atoms with van der Waals surface area (Å²) in [6, 6.07) is 7.50. The Hall–Kier alpha value is -3.62. The Morgan fingerprint density at radius 3 is 2.65 bits per heavy atom. The predicted octanol–water partition coefficient (Wildman–Crippen LogP) is 5.86. The first-order valence-corrected chi connectivity index (χ1v) is 12.0. The number of carbonyl (C=O) groups is 1. The van der Waals surface area contributed by atoms with Crippen molar-refractivity contribution in [1.29, 1.82) is 0 Å². The molecule has 0 aliphatic heterocycles. The van der Waals surface area contributed by atoms with E-state index in [9.17, 15) is 14.0 Å². The lowest BCUT2D eigenvalue weighted by Gasteiger charge is -2.16. The van der Waals surface area contributed by atoms with Crippen molar-refractivity contribution in [1.82, 2.24) is 14.9 Å². The predicted molar refractivity (Wildman–Crippen MR) is 143 cm³/mol. The van der Waals surface area contributed by atoms with E-state index in [4.69, 9.17) is 23.2 Å². The number of carbonyl (C=O) groups excluding carboxylic acids is 1. The molecule has 2 aromatic heterocycles. The van der Waals surface area contributed by atoms with Crippen LogP contribution in [0.4, 0.5) is 8.78 Å². The van der Waals surface area contributed by atoms with Crippen molar-refractivity contribution in [2.24, 2.45) is 4.99 Å². The highest BCUT2D eigenvalue weighted by Gasteiger charge is 2.18. The van der Waals surface area contributed by atoms with Gasteiger partial charge in [-0.2, -0.15) is 0 Å². The summed E-state index contributed by atoms with van der Waals surface area (Å²) in [6.45, 7) is 3.61. The fourth-order valence-corrected chi connectivity index (χ4v) is 4.21. The third-order valence-electron chi connectivity index (χ3n) is 5.64. The highest BCUT2D eigenvalue weighted by atomic mass is 35.5. The molecule has 0 aliphatic carbocycles. The lowest BCUT2D eigenvalue weighted by molar-refractivity contribution is 0.0959. The van der Waals surface area contributed by atoms with E-state index in [-0.39, 0.29) is 27.8 Å². The van der Waals surface area contributed by atoms with Gasteiger partial charge in [0.1, 0.15) is 16.7 Å². The number of aryl methyl sites for hydroxylation is 1. The fourth-order valence-electron chi connectivity index (χ4n) is 3.82. The van der Waals surface area contributed by atoms with Gasteiger partial charge in [0.15, 0.2) is 0 Å². The first-order valence-electron chi connectivity index (χ1n) is 11.2. The average molecular weight is 545 g/mol. The molecule has 1 amide bonds. The van der Waals surface area contributed by atoms with Gasteiger partial charge in [-0.05, 0) is 60.7 Å². The molecule has 3 rings (SSSR count). The van der Waals surface area contributed by atoms with Crippen LogP contribution in [-0.4, -0.2) is 28.2 Å². The van der Waals surface area contributed by atoms with E-state index in [1.54, 1.807) is 19.2 Å². The molecule has 0 saturated heterocycles. The molecule has 10 heteroatoms. The Labute approximate surface area is 223 Å². The van der Waals surface area contributed by atoms with Gasteiger partial charge in [-0.25, -0.2) is 8.78 Å². The zero-order valence-electron chi connectivity index (χ0n) is 20.3. The summed E-state index contributed by atoms with van der Waals surface area (Å²) < 4.78 is 30.0. The standard InChI is InChI=1S/C27H24Cl2F2N4O2/c1-16(11-18-13-19(30)15-33-14-18)22-12-17(2)35(27(37)24(22)29)10-7-23(34-9-8-28)20-5-4-6-21(25(20)31)26(36)32-3/h4-10,12-16H,11H2,1-3H3,(H,32,36)/b9-8+,10-7+,34-23-. The number of amides is 1. The van der Waals surface area contributed by atoms with Crippen LogP contribution in [0.2, 0.25) is 5.02 Å². The van der Waals surface area contributed by atoms with Crippen molar-refractivity contribution in [3.8, 4) is 0 Å². The van der Waals surface area contributed by atoms with Crippen molar-refractivity contribution < 1.29 is 13.6 Å². The van der Waals surface area contributed by atoms with Gasteiger partial charge >= 0.3 is 0 Å². The first-order chi connectivity index (χ1) is 17.7. The van der Waals surface area contributed by atoms with Crippen LogP contribution in [-0.2, 0) is 6.42 Å². The molecule has 0 radical (unpaired) electrons. The van der Waals surface area contributed by atoms with Crippen LogP contribution in [0.15, 0.2) is 70.3 Å². The fraction of sp³-hybridized carbons (Fsp3) is 0.185.